The first-order chi connectivity index (χ1) is 17.3. The number of nitrogens with zero attached hydrogens (tertiary/aromatic N) is 4. The van der Waals surface area contributed by atoms with Crippen molar-refractivity contribution in [2.24, 2.45) is 0 Å². The number of halogens is 2. The molecule has 36 heavy (non-hydrogen) atoms. The Morgan fingerprint density at radius 1 is 1.19 bits per heavy atom. The molecule has 0 bridgehead atoms. The SMILES string of the molecule is CCCOc1ccc(N2CCN(C[C@@](C)(O)c3ccc(F)cn3)C[C@H]2c2ccc(Cl)cc2)c(C#N)c1. The molecule has 2 aromatic carbocycles. The predicted octanol–water partition coefficient (Wildman–Crippen LogP) is 5.31. The summed E-state index contributed by atoms with van der Waals surface area (Å²) in [5, 5.41) is 21.7. The molecule has 2 atom stereocenters. The normalized spacial score (nSPS) is 17.9. The molecule has 0 radical (unpaired) electrons. The van der Waals surface area contributed by atoms with Crippen LogP contribution in [0.3, 0.4) is 0 Å². The van der Waals surface area contributed by atoms with Crippen molar-refractivity contribution in [2.75, 3.05) is 37.7 Å². The zero-order valence-electron chi connectivity index (χ0n) is 20.5. The summed E-state index contributed by atoms with van der Waals surface area (Å²) in [6.45, 7) is 6.58. The Hall–Kier alpha value is -3.18. The van der Waals surface area contributed by atoms with Gasteiger partial charge in [-0.1, -0.05) is 30.7 Å². The molecule has 0 saturated carbocycles. The fourth-order valence-corrected chi connectivity index (χ4v) is 4.74. The number of hydrogen-bond acceptors (Lipinski definition) is 6. The van der Waals surface area contributed by atoms with Gasteiger partial charge in [-0.3, -0.25) is 9.88 Å². The summed E-state index contributed by atoms with van der Waals surface area (Å²) in [4.78, 5) is 8.49. The van der Waals surface area contributed by atoms with Crippen LogP contribution in [0.1, 0.15) is 43.1 Å². The van der Waals surface area contributed by atoms with E-state index in [9.17, 15) is 14.8 Å². The number of benzene rings is 2. The van der Waals surface area contributed by atoms with Crippen molar-refractivity contribution in [1.82, 2.24) is 9.88 Å². The lowest BCUT2D eigenvalue weighted by Crippen LogP contribution is -2.52. The van der Waals surface area contributed by atoms with Crippen LogP contribution in [0.5, 0.6) is 5.75 Å². The molecule has 188 valence electrons. The third kappa shape index (κ3) is 5.96. The van der Waals surface area contributed by atoms with Crippen molar-refractivity contribution in [3.8, 4) is 11.8 Å². The average molecular weight is 509 g/mol. The van der Waals surface area contributed by atoms with Crippen LogP contribution in [-0.2, 0) is 5.60 Å². The largest absolute Gasteiger partial charge is 0.494 e. The van der Waals surface area contributed by atoms with Crippen molar-refractivity contribution in [1.29, 1.82) is 5.26 Å². The van der Waals surface area contributed by atoms with E-state index in [1.165, 1.54) is 12.1 Å². The number of piperazine rings is 1. The van der Waals surface area contributed by atoms with Gasteiger partial charge in [-0.15, -0.1) is 0 Å². The molecule has 0 unspecified atom stereocenters. The molecule has 1 aromatic heterocycles. The number of hydrogen-bond donors (Lipinski definition) is 1. The number of ether oxygens (including phenoxy) is 1. The average Bonchev–Trinajstić information content (AvgIpc) is 2.88. The van der Waals surface area contributed by atoms with E-state index in [4.69, 9.17) is 16.3 Å². The van der Waals surface area contributed by atoms with Crippen molar-refractivity contribution >= 4 is 17.3 Å². The molecule has 6 nitrogen and oxygen atoms in total. The number of nitriles is 1. The Kier molecular flexibility index (Phi) is 8.10. The molecule has 1 aliphatic rings. The monoisotopic (exact) mass is 508 g/mol. The molecule has 2 heterocycles. The van der Waals surface area contributed by atoms with Gasteiger partial charge in [0.15, 0.2) is 0 Å². The number of rotatable bonds is 8. The third-order valence-electron chi connectivity index (χ3n) is 6.40. The summed E-state index contributed by atoms with van der Waals surface area (Å²) in [6, 6.07) is 18.4. The standard InChI is InChI=1S/C28H30ClFN4O2/c1-3-14-36-24-9-10-25(21(15-24)16-31)34-13-12-33(18-26(34)20-4-6-22(29)7-5-20)19-28(2,35)27-11-8-23(30)17-32-27/h4-11,15,17,26,35H,3,12-14,18-19H2,1-2H3/t26-,28+/m0/s1. The fraction of sp³-hybridized carbons (Fsp3) is 0.357. The number of β-amino-alcohol motifs (C(OH)–C–C–N with tert-alkyl or cyclic N) is 1. The first kappa shape index (κ1) is 25.9. The minimum absolute atomic E-state index is 0.0810. The zero-order chi connectivity index (χ0) is 25.7. The minimum atomic E-state index is -1.25. The predicted molar refractivity (Wildman–Crippen MR) is 139 cm³/mol. The van der Waals surface area contributed by atoms with E-state index in [-0.39, 0.29) is 6.04 Å². The lowest BCUT2D eigenvalue weighted by Gasteiger charge is -2.45. The van der Waals surface area contributed by atoms with Crippen molar-refractivity contribution < 1.29 is 14.2 Å². The fourth-order valence-electron chi connectivity index (χ4n) is 4.62. The van der Waals surface area contributed by atoms with E-state index in [1.807, 2.05) is 43.3 Å². The van der Waals surface area contributed by atoms with E-state index < -0.39 is 11.4 Å². The highest BCUT2D eigenvalue weighted by molar-refractivity contribution is 6.30. The first-order valence-electron chi connectivity index (χ1n) is 12.1. The third-order valence-corrected chi connectivity index (χ3v) is 6.65. The molecule has 0 aliphatic carbocycles. The van der Waals surface area contributed by atoms with Gasteiger partial charge in [0.2, 0.25) is 0 Å². The van der Waals surface area contributed by atoms with Gasteiger partial charge in [0.05, 0.1) is 35.8 Å². The number of aliphatic hydroxyl groups is 1. The maximum atomic E-state index is 13.4. The molecule has 8 heteroatoms. The summed E-state index contributed by atoms with van der Waals surface area (Å²) >= 11 is 6.16. The van der Waals surface area contributed by atoms with Crippen molar-refractivity contribution in [3.05, 3.63) is 88.5 Å². The second-order valence-corrected chi connectivity index (χ2v) is 9.71. The van der Waals surface area contributed by atoms with Crippen LogP contribution in [0.2, 0.25) is 5.02 Å². The quantitative estimate of drug-likeness (QED) is 0.445. The van der Waals surface area contributed by atoms with Gasteiger partial charge < -0.3 is 14.7 Å². The highest BCUT2D eigenvalue weighted by atomic mass is 35.5. The number of anilines is 1. The van der Waals surface area contributed by atoms with E-state index in [0.29, 0.717) is 54.8 Å². The Bertz CT molecular complexity index is 1210. The Morgan fingerprint density at radius 2 is 1.97 bits per heavy atom. The molecule has 1 saturated heterocycles. The van der Waals surface area contributed by atoms with E-state index in [0.717, 1.165) is 23.9 Å². The second-order valence-electron chi connectivity index (χ2n) is 9.27. The highest BCUT2D eigenvalue weighted by Crippen LogP contribution is 2.36. The molecule has 1 N–H and O–H groups in total. The molecule has 0 spiro atoms. The highest BCUT2D eigenvalue weighted by Gasteiger charge is 2.34. The van der Waals surface area contributed by atoms with Gasteiger partial charge in [0, 0.05) is 31.2 Å². The van der Waals surface area contributed by atoms with Crippen LogP contribution in [0.25, 0.3) is 0 Å². The Balaban J connectivity index is 1.62. The molecular weight excluding hydrogens is 479 g/mol. The van der Waals surface area contributed by atoms with Crippen LogP contribution in [0, 0.1) is 17.1 Å². The van der Waals surface area contributed by atoms with Gasteiger partial charge >= 0.3 is 0 Å². The van der Waals surface area contributed by atoms with Gasteiger partial charge in [-0.2, -0.15) is 5.26 Å². The number of pyridine rings is 1. The van der Waals surface area contributed by atoms with Crippen LogP contribution in [0.4, 0.5) is 10.1 Å². The van der Waals surface area contributed by atoms with Gasteiger partial charge in [-0.05, 0) is 61.4 Å². The van der Waals surface area contributed by atoms with Crippen LogP contribution < -0.4 is 9.64 Å². The summed E-state index contributed by atoms with van der Waals surface area (Å²) < 4.78 is 19.1. The van der Waals surface area contributed by atoms with Crippen LogP contribution in [0.15, 0.2) is 60.8 Å². The first-order valence-corrected chi connectivity index (χ1v) is 12.4. The van der Waals surface area contributed by atoms with Crippen molar-refractivity contribution in [2.45, 2.75) is 31.9 Å². The Morgan fingerprint density at radius 3 is 2.64 bits per heavy atom. The maximum Gasteiger partial charge on any atom is 0.141 e. The van der Waals surface area contributed by atoms with Crippen molar-refractivity contribution in [3.63, 3.8) is 0 Å². The maximum absolute atomic E-state index is 13.4. The van der Waals surface area contributed by atoms with Crippen LogP contribution in [-0.4, -0.2) is 47.8 Å². The molecule has 0 amide bonds. The summed E-state index contributed by atoms with van der Waals surface area (Å²) in [5.41, 5.74) is 1.62. The summed E-state index contributed by atoms with van der Waals surface area (Å²) in [6.07, 6.45) is 2.01. The molecule has 4 rings (SSSR count). The van der Waals surface area contributed by atoms with Gasteiger partial charge in [-0.25, -0.2) is 4.39 Å². The zero-order valence-corrected chi connectivity index (χ0v) is 21.2. The van der Waals surface area contributed by atoms with E-state index in [1.54, 1.807) is 13.0 Å². The summed E-state index contributed by atoms with van der Waals surface area (Å²) in [5.74, 6) is 0.243. The molecular formula is C28H30ClFN4O2. The van der Waals surface area contributed by atoms with Gasteiger partial charge in [0.25, 0.3) is 0 Å². The smallest absolute Gasteiger partial charge is 0.141 e. The van der Waals surface area contributed by atoms with E-state index >= 15 is 0 Å². The summed E-state index contributed by atoms with van der Waals surface area (Å²) in [7, 11) is 0. The topological polar surface area (TPSA) is 72.6 Å². The molecule has 1 fully saturated rings. The van der Waals surface area contributed by atoms with E-state index in [2.05, 4.69) is 20.9 Å². The lowest BCUT2D eigenvalue weighted by molar-refractivity contribution is 0.00669. The van der Waals surface area contributed by atoms with Crippen LogP contribution >= 0.6 is 11.6 Å². The lowest BCUT2D eigenvalue weighted by atomic mass is 9.96. The number of aromatic nitrogens is 1. The Labute approximate surface area is 216 Å². The minimum Gasteiger partial charge on any atom is -0.494 e. The second kappa shape index (κ2) is 11.3. The van der Waals surface area contributed by atoms with Gasteiger partial charge in [0.1, 0.15) is 23.2 Å². The molecule has 3 aromatic rings. The molecule has 1 aliphatic heterocycles.